The van der Waals surface area contributed by atoms with Crippen LogP contribution in [0.4, 0.5) is 13.2 Å². The maximum Gasteiger partial charge on any atom is 0.417 e. The first kappa shape index (κ1) is 12.7. The van der Waals surface area contributed by atoms with Crippen molar-refractivity contribution in [2.45, 2.75) is 11.1 Å². The Labute approximate surface area is 94.1 Å². The first-order chi connectivity index (χ1) is 7.40. The predicted molar refractivity (Wildman–Crippen MR) is 55.7 cm³/mol. The Morgan fingerprint density at radius 3 is 2.50 bits per heavy atom. The lowest BCUT2D eigenvalue weighted by molar-refractivity contribution is -0.137. The molecule has 0 fully saturated rings. The van der Waals surface area contributed by atoms with Crippen LogP contribution in [0.5, 0.6) is 0 Å². The number of oxime groups is 1. The van der Waals surface area contributed by atoms with Crippen LogP contribution in [0.25, 0.3) is 0 Å². The number of benzene rings is 1. The Morgan fingerprint density at radius 1 is 1.44 bits per heavy atom. The largest absolute Gasteiger partial charge is 0.417 e. The van der Waals surface area contributed by atoms with Gasteiger partial charge in [-0.05, 0) is 24.5 Å². The fraction of sp³-hybridized carbons (Fsp3) is 0.222. The molecule has 88 valence electrons. The highest BCUT2D eigenvalue weighted by Gasteiger charge is 2.34. The van der Waals surface area contributed by atoms with Gasteiger partial charge in [-0.15, -0.1) is 11.8 Å². The zero-order chi connectivity index (χ0) is 12.3. The molecule has 1 aromatic carbocycles. The number of hydrogen-bond acceptors (Lipinski definition) is 3. The van der Waals surface area contributed by atoms with Crippen LogP contribution in [0.15, 0.2) is 28.3 Å². The third kappa shape index (κ3) is 2.60. The third-order valence-electron chi connectivity index (χ3n) is 1.92. The van der Waals surface area contributed by atoms with Gasteiger partial charge >= 0.3 is 6.18 Å². The van der Waals surface area contributed by atoms with Gasteiger partial charge < -0.3 is 10.9 Å². The number of rotatable bonds is 2. The molecule has 3 N–H and O–H groups in total. The minimum absolute atomic E-state index is 0.318. The molecule has 0 amide bonds. The maximum absolute atomic E-state index is 12.6. The summed E-state index contributed by atoms with van der Waals surface area (Å²) in [7, 11) is 0. The monoisotopic (exact) mass is 250 g/mol. The number of nitrogens with zero attached hydrogens (tertiary/aromatic N) is 1. The van der Waals surface area contributed by atoms with E-state index in [-0.39, 0.29) is 5.56 Å². The second-order valence-electron chi connectivity index (χ2n) is 2.89. The van der Waals surface area contributed by atoms with Crippen LogP contribution in [0.3, 0.4) is 0 Å². The topological polar surface area (TPSA) is 58.6 Å². The molecule has 0 saturated heterocycles. The Bertz CT molecular complexity index is 418. The van der Waals surface area contributed by atoms with Crippen LogP contribution in [-0.2, 0) is 6.18 Å². The van der Waals surface area contributed by atoms with Gasteiger partial charge in [0.15, 0.2) is 5.84 Å². The van der Waals surface area contributed by atoms with Gasteiger partial charge in [0.2, 0.25) is 0 Å². The Hall–Kier alpha value is -1.37. The van der Waals surface area contributed by atoms with Crippen molar-refractivity contribution in [2.75, 3.05) is 6.26 Å². The SMILES string of the molecule is CSc1ccc(C(F)(F)F)c(/C(N)=N/O)c1. The second-order valence-corrected chi connectivity index (χ2v) is 3.77. The van der Waals surface area contributed by atoms with Crippen molar-refractivity contribution < 1.29 is 18.4 Å². The molecule has 0 aliphatic carbocycles. The smallest absolute Gasteiger partial charge is 0.409 e. The van der Waals surface area contributed by atoms with E-state index in [1.807, 2.05) is 0 Å². The molecule has 0 aliphatic heterocycles. The highest BCUT2D eigenvalue weighted by Crippen LogP contribution is 2.33. The van der Waals surface area contributed by atoms with Crippen LogP contribution in [0.1, 0.15) is 11.1 Å². The number of halogens is 3. The minimum Gasteiger partial charge on any atom is -0.409 e. The highest BCUT2D eigenvalue weighted by molar-refractivity contribution is 7.98. The standard InChI is InChI=1S/C9H9F3N2OS/c1-16-5-2-3-7(9(10,11)12)6(4-5)8(13)14-15/h2-4,15H,1H3,(H2,13,14). The lowest BCUT2D eigenvalue weighted by Crippen LogP contribution is -2.20. The molecule has 0 aromatic heterocycles. The average Bonchev–Trinajstić information content (AvgIpc) is 2.25. The molecule has 1 rings (SSSR count). The molecule has 0 bridgehead atoms. The molecule has 1 aromatic rings. The lowest BCUT2D eigenvalue weighted by Gasteiger charge is -2.12. The third-order valence-corrected chi connectivity index (χ3v) is 2.64. The summed E-state index contributed by atoms with van der Waals surface area (Å²) >= 11 is 1.27. The Morgan fingerprint density at radius 2 is 2.06 bits per heavy atom. The average molecular weight is 250 g/mol. The lowest BCUT2D eigenvalue weighted by atomic mass is 10.1. The summed E-state index contributed by atoms with van der Waals surface area (Å²) in [6.45, 7) is 0. The van der Waals surface area contributed by atoms with Crippen molar-refractivity contribution in [3.05, 3.63) is 29.3 Å². The van der Waals surface area contributed by atoms with Gasteiger partial charge in [-0.1, -0.05) is 5.16 Å². The van der Waals surface area contributed by atoms with E-state index in [4.69, 9.17) is 10.9 Å². The van der Waals surface area contributed by atoms with Crippen LogP contribution < -0.4 is 5.73 Å². The van der Waals surface area contributed by atoms with Gasteiger partial charge in [-0.3, -0.25) is 0 Å². The van der Waals surface area contributed by atoms with E-state index in [0.717, 1.165) is 6.07 Å². The molecule has 0 saturated carbocycles. The second kappa shape index (κ2) is 4.65. The summed E-state index contributed by atoms with van der Waals surface area (Å²) in [6, 6.07) is 3.49. The molecule has 3 nitrogen and oxygen atoms in total. The van der Waals surface area contributed by atoms with Gasteiger partial charge in [0.05, 0.1) is 5.56 Å². The van der Waals surface area contributed by atoms with E-state index in [9.17, 15) is 13.2 Å². The number of amidine groups is 1. The van der Waals surface area contributed by atoms with E-state index in [1.54, 1.807) is 6.26 Å². The molecule has 0 radical (unpaired) electrons. The van der Waals surface area contributed by atoms with Gasteiger partial charge in [0.25, 0.3) is 0 Å². The maximum atomic E-state index is 12.6. The molecule has 0 spiro atoms. The summed E-state index contributed by atoms with van der Waals surface area (Å²) in [6.07, 6.45) is -2.81. The van der Waals surface area contributed by atoms with Crippen molar-refractivity contribution in [1.29, 1.82) is 0 Å². The van der Waals surface area contributed by atoms with Crippen molar-refractivity contribution in [3.8, 4) is 0 Å². The molecule has 7 heteroatoms. The van der Waals surface area contributed by atoms with Crippen LogP contribution in [0.2, 0.25) is 0 Å². The highest BCUT2D eigenvalue weighted by atomic mass is 32.2. The van der Waals surface area contributed by atoms with Crippen molar-refractivity contribution >= 4 is 17.6 Å². The quantitative estimate of drug-likeness (QED) is 0.279. The molecule has 16 heavy (non-hydrogen) atoms. The Balaban J connectivity index is 3.39. The summed E-state index contributed by atoms with van der Waals surface area (Å²) < 4.78 is 37.7. The van der Waals surface area contributed by atoms with Gasteiger partial charge in [0, 0.05) is 10.5 Å². The molecular weight excluding hydrogens is 241 g/mol. The summed E-state index contributed by atoms with van der Waals surface area (Å²) in [5, 5.41) is 11.0. The van der Waals surface area contributed by atoms with E-state index >= 15 is 0 Å². The first-order valence-corrected chi connectivity index (χ1v) is 5.35. The molecule has 0 heterocycles. The zero-order valence-electron chi connectivity index (χ0n) is 8.25. The van der Waals surface area contributed by atoms with E-state index in [0.29, 0.717) is 4.90 Å². The Kier molecular flexibility index (Phi) is 3.69. The predicted octanol–water partition coefficient (Wildman–Crippen LogP) is 2.52. The molecule has 0 atom stereocenters. The summed E-state index contributed by atoms with van der Waals surface area (Å²) in [5.41, 5.74) is 3.97. The summed E-state index contributed by atoms with van der Waals surface area (Å²) in [5.74, 6) is -0.553. The van der Waals surface area contributed by atoms with Gasteiger partial charge in [-0.25, -0.2) is 0 Å². The van der Waals surface area contributed by atoms with Crippen LogP contribution in [0, 0.1) is 0 Å². The van der Waals surface area contributed by atoms with Crippen molar-refractivity contribution in [1.82, 2.24) is 0 Å². The first-order valence-electron chi connectivity index (χ1n) is 4.13. The van der Waals surface area contributed by atoms with E-state index in [1.165, 1.54) is 23.9 Å². The van der Waals surface area contributed by atoms with E-state index < -0.39 is 17.6 Å². The summed E-state index contributed by atoms with van der Waals surface area (Å²) in [4.78, 5) is 0.606. The fourth-order valence-electron chi connectivity index (χ4n) is 1.16. The van der Waals surface area contributed by atoms with Crippen molar-refractivity contribution in [3.63, 3.8) is 0 Å². The number of hydrogen-bond donors (Lipinski definition) is 2. The normalized spacial score (nSPS) is 12.9. The van der Waals surface area contributed by atoms with Gasteiger partial charge in [-0.2, -0.15) is 13.2 Å². The molecule has 0 aliphatic rings. The number of thioether (sulfide) groups is 1. The van der Waals surface area contributed by atoms with Crippen LogP contribution in [-0.4, -0.2) is 17.3 Å². The van der Waals surface area contributed by atoms with Crippen LogP contribution >= 0.6 is 11.8 Å². The van der Waals surface area contributed by atoms with Crippen molar-refractivity contribution in [2.24, 2.45) is 10.9 Å². The van der Waals surface area contributed by atoms with Gasteiger partial charge in [0.1, 0.15) is 0 Å². The number of alkyl halides is 3. The fourth-order valence-corrected chi connectivity index (χ4v) is 1.60. The zero-order valence-corrected chi connectivity index (χ0v) is 9.06. The minimum atomic E-state index is -4.53. The molecule has 0 unspecified atom stereocenters. The molecular formula is C9H9F3N2OS. The van der Waals surface area contributed by atoms with E-state index in [2.05, 4.69) is 5.16 Å². The number of nitrogens with two attached hydrogens (primary N) is 1.